The number of carbonyl (C=O) groups is 1. The van der Waals surface area contributed by atoms with Crippen LogP contribution < -0.4 is 5.56 Å². The van der Waals surface area contributed by atoms with Crippen molar-refractivity contribution in [2.24, 2.45) is 0 Å². The number of hydrogen-bond donors (Lipinski definition) is 1. The Bertz CT molecular complexity index is 1250. The smallest absolute Gasteiger partial charge is 0.340 e. The van der Waals surface area contributed by atoms with Crippen molar-refractivity contribution in [2.45, 2.75) is 6.92 Å². The molecule has 28 heavy (non-hydrogen) atoms. The van der Waals surface area contributed by atoms with Crippen LogP contribution in [0.5, 0.6) is 0 Å². The molecule has 9 heteroatoms. The molecule has 0 saturated heterocycles. The van der Waals surface area contributed by atoms with Gasteiger partial charge in [0.15, 0.2) is 0 Å². The van der Waals surface area contributed by atoms with Gasteiger partial charge in [-0.25, -0.2) is 14.3 Å². The van der Waals surface area contributed by atoms with Crippen LogP contribution >= 0.6 is 0 Å². The number of nitrogens with zero attached hydrogens (tertiary/aromatic N) is 4. The van der Waals surface area contributed by atoms with Crippen molar-refractivity contribution in [3.63, 3.8) is 0 Å². The van der Waals surface area contributed by atoms with Crippen LogP contribution in [0.4, 0.5) is 4.39 Å². The number of esters is 1. The fourth-order valence-corrected chi connectivity index (χ4v) is 3.14. The number of nitrogens with one attached hydrogen (secondary N) is 1. The Labute approximate surface area is 157 Å². The molecule has 4 rings (SSSR count). The van der Waals surface area contributed by atoms with Gasteiger partial charge < -0.3 is 4.74 Å². The van der Waals surface area contributed by atoms with Gasteiger partial charge in [-0.3, -0.25) is 14.3 Å². The number of aryl methyl sites for hydroxylation is 1. The predicted molar refractivity (Wildman–Crippen MR) is 98.8 cm³/mol. The van der Waals surface area contributed by atoms with E-state index in [-0.39, 0.29) is 16.9 Å². The van der Waals surface area contributed by atoms with E-state index in [1.807, 2.05) is 0 Å². The first-order valence-corrected chi connectivity index (χ1v) is 8.27. The quantitative estimate of drug-likeness (QED) is 0.549. The summed E-state index contributed by atoms with van der Waals surface area (Å²) < 4.78 is 19.6. The second-order valence-electron chi connectivity index (χ2n) is 6.01. The summed E-state index contributed by atoms with van der Waals surface area (Å²) in [5.41, 5.74) is 1.30. The number of methoxy groups -OCH3 is 1. The number of ether oxygens (including phenoxy) is 1. The largest absolute Gasteiger partial charge is 0.465 e. The first-order valence-electron chi connectivity index (χ1n) is 8.27. The molecule has 3 aromatic heterocycles. The molecule has 0 aliphatic rings. The number of fused-ring (bicyclic) bond motifs is 1. The van der Waals surface area contributed by atoms with Gasteiger partial charge in [-0.05, 0) is 30.7 Å². The molecule has 0 radical (unpaired) electrons. The maximum atomic E-state index is 13.5. The van der Waals surface area contributed by atoms with Crippen LogP contribution in [0.15, 0.2) is 47.7 Å². The highest BCUT2D eigenvalue weighted by Gasteiger charge is 2.24. The molecule has 0 unspecified atom stereocenters. The second-order valence-corrected chi connectivity index (χ2v) is 6.01. The molecule has 8 nitrogen and oxygen atoms in total. The lowest BCUT2D eigenvalue weighted by Gasteiger charge is -2.15. The third kappa shape index (κ3) is 2.73. The normalized spacial score (nSPS) is 11.0. The number of aromatic amines is 1. The lowest BCUT2D eigenvalue weighted by Crippen LogP contribution is -2.21. The van der Waals surface area contributed by atoms with Gasteiger partial charge in [0.1, 0.15) is 12.1 Å². The lowest BCUT2D eigenvalue weighted by atomic mass is 9.95. The third-order valence-corrected chi connectivity index (χ3v) is 4.37. The average Bonchev–Trinajstić information content (AvgIpc) is 3.22. The zero-order valence-corrected chi connectivity index (χ0v) is 14.9. The van der Waals surface area contributed by atoms with E-state index in [0.717, 1.165) is 0 Å². The van der Waals surface area contributed by atoms with Gasteiger partial charge in [-0.1, -0.05) is 12.1 Å². The zero-order chi connectivity index (χ0) is 19.8. The van der Waals surface area contributed by atoms with E-state index in [0.29, 0.717) is 22.3 Å². The fourth-order valence-electron chi connectivity index (χ4n) is 3.14. The van der Waals surface area contributed by atoms with Crippen LogP contribution in [-0.4, -0.2) is 37.8 Å². The topological polar surface area (TPSA) is 103 Å². The van der Waals surface area contributed by atoms with Gasteiger partial charge in [0.25, 0.3) is 5.56 Å². The fraction of sp³-hybridized carbons (Fsp3) is 0.105. The predicted octanol–water partition coefficient (Wildman–Crippen LogP) is 2.40. The average molecular weight is 379 g/mol. The Morgan fingerprint density at radius 1 is 1.21 bits per heavy atom. The molecule has 4 aromatic rings. The molecule has 0 atom stereocenters. The molecule has 3 heterocycles. The molecule has 0 fully saturated rings. The zero-order valence-electron chi connectivity index (χ0n) is 14.9. The molecule has 1 aromatic carbocycles. The molecule has 0 aliphatic heterocycles. The summed E-state index contributed by atoms with van der Waals surface area (Å²) in [6.07, 6.45) is 2.80. The molecule has 1 N–H and O–H groups in total. The second kappa shape index (κ2) is 6.69. The minimum atomic E-state index is -0.638. The number of rotatable bonds is 3. The Morgan fingerprint density at radius 2 is 1.96 bits per heavy atom. The number of H-pyrrole nitrogens is 1. The molecule has 0 saturated carbocycles. The van der Waals surface area contributed by atoms with Crippen molar-refractivity contribution in [2.75, 3.05) is 7.11 Å². The molecular weight excluding hydrogens is 365 g/mol. The van der Waals surface area contributed by atoms with Crippen molar-refractivity contribution in [3.05, 3.63) is 70.3 Å². The minimum Gasteiger partial charge on any atom is -0.465 e. The molecule has 0 bridgehead atoms. The Balaban J connectivity index is 2.17. The van der Waals surface area contributed by atoms with Crippen LogP contribution in [-0.2, 0) is 4.74 Å². The van der Waals surface area contributed by atoms with Gasteiger partial charge in [-0.2, -0.15) is 10.1 Å². The third-order valence-electron chi connectivity index (χ3n) is 4.37. The maximum absolute atomic E-state index is 13.5. The number of halogens is 1. The summed E-state index contributed by atoms with van der Waals surface area (Å²) in [5.74, 6) is -0.852. The number of benzene rings is 1. The Morgan fingerprint density at radius 3 is 2.61 bits per heavy atom. The summed E-state index contributed by atoms with van der Waals surface area (Å²) in [4.78, 5) is 34.2. The monoisotopic (exact) mass is 379 g/mol. The summed E-state index contributed by atoms with van der Waals surface area (Å²) >= 11 is 0. The molecule has 140 valence electrons. The van der Waals surface area contributed by atoms with Gasteiger partial charge in [0, 0.05) is 11.8 Å². The van der Waals surface area contributed by atoms with Gasteiger partial charge in [0.05, 0.1) is 29.3 Å². The van der Waals surface area contributed by atoms with Crippen molar-refractivity contribution in [3.8, 4) is 17.1 Å². The van der Waals surface area contributed by atoms with Gasteiger partial charge in [0.2, 0.25) is 5.95 Å². The number of pyridine rings is 2. The van der Waals surface area contributed by atoms with E-state index < -0.39 is 17.3 Å². The van der Waals surface area contributed by atoms with Crippen LogP contribution in [0.3, 0.4) is 0 Å². The molecular formula is C19H14FN5O3. The number of hydrogen-bond acceptors (Lipinski definition) is 6. The van der Waals surface area contributed by atoms with Crippen LogP contribution in [0, 0.1) is 12.7 Å². The van der Waals surface area contributed by atoms with E-state index in [2.05, 4.69) is 20.2 Å². The molecule has 0 amide bonds. The van der Waals surface area contributed by atoms with Gasteiger partial charge >= 0.3 is 5.97 Å². The first-order chi connectivity index (χ1) is 13.5. The van der Waals surface area contributed by atoms with E-state index >= 15 is 0 Å². The highest BCUT2D eigenvalue weighted by Crippen LogP contribution is 2.32. The van der Waals surface area contributed by atoms with Crippen LogP contribution in [0.25, 0.3) is 28.0 Å². The van der Waals surface area contributed by atoms with Crippen molar-refractivity contribution >= 4 is 16.9 Å². The highest BCUT2D eigenvalue weighted by molar-refractivity contribution is 6.07. The van der Waals surface area contributed by atoms with E-state index in [1.165, 1.54) is 48.5 Å². The first kappa shape index (κ1) is 17.5. The van der Waals surface area contributed by atoms with Crippen LogP contribution in [0.2, 0.25) is 0 Å². The van der Waals surface area contributed by atoms with E-state index in [1.54, 1.807) is 13.0 Å². The Kier molecular flexibility index (Phi) is 4.19. The van der Waals surface area contributed by atoms with E-state index in [9.17, 15) is 14.0 Å². The maximum Gasteiger partial charge on any atom is 0.340 e. The highest BCUT2D eigenvalue weighted by atomic mass is 19.1. The molecule has 0 aliphatic carbocycles. The summed E-state index contributed by atoms with van der Waals surface area (Å²) in [7, 11) is 1.25. The van der Waals surface area contributed by atoms with Crippen molar-refractivity contribution in [1.29, 1.82) is 0 Å². The van der Waals surface area contributed by atoms with E-state index in [4.69, 9.17) is 4.74 Å². The minimum absolute atomic E-state index is 0.147. The van der Waals surface area contributed by atoms with Gasteiger partial charge in [-0.15, -0.1) is 0 Å². The lowest BCUT2D eigenvalue weighted by molar-refractivity contribution is 0.0600. The van der Waals surface area contributed by atoms with Crippen molar-refractivity contribution < 1.29 is 13.9 Å². The molecule has 0 spiro atoms. The Hall–Kier alpha value is -3.88. The summed E-state index contributed by atoms with van der Waals surface area (Å²) in [5, 5.41) is 6.57. The summed E-state index contributed by atoms with van der Waals surface area (Å²) in [6.45, 7) is 1.65. The SMILES string of the molecule is COC(=O)c1c(C)nc2ccn(-c3ncn[nH]3)c(=O)c2c1-c1ccc(F)cc1. The van der Waals surface area contributed by atoms with Crippen molar-refractivity contribution in [1.82, 2.24) is 24.7 Å². The summed E-state index contributed by atoms with van der Waals surface area (Å²) in [6, 6.07) is 7.16. The standard InChI is InChI=1S/C19H14FN5O3/c1-10-14(18(27)28-2)15(11-3-5-12(20)6-4-11)16-13(23-10)7-8-25(17(16)26)19-21-9-22-24-19/h3-9H,1-2H3,(H,21,22,24). The number of aromatic nitrogens is 5. The number of carbonyl (C=O) groups excluding carboxylic acids is 1. The van der Waals surface area contributed by atoms with Crippen LogP contribution in [0.1, 0.15) is 16.1 Å².